The molecule has 0 aliphatic carbocycles. The van der Waals surface area contributed by atoms with Crippen LogP contribution in [0.5, 0.6) is 5.75 Å². The monoisotopic (exact) mass is 316 g/mol. The van der Waals surface area contributed by atoms with Crippen LogP contribution in [-0.2, 0) is 15.9 Å². The highest BCUT2D eigenvalue weighted by Gasteiger charge is 2.14. The molecule has 0 aliphatic rings. The van der Waals surface area contributed by atoms with Crippen LogP contribution >= 0.6 is 23.2 Å². The van der Waals surface area contributed by atoms with Crippen molar-refractivity contribution in [1.29, 1.82) is 0 Å². The van der Waals surface area contributed by atoms with Crippen LogP contribution in [-0.4, -0.2) is 8.42 Å². The lowest BCUT2D eigenvalue weighted by Gasteiger charge is -2.07. The van der Waals surface area contributed by atoms with Gasteiger partial charge in [-0.15, -0.1) is 0 Å². The molecule has 3 nitrogen and oxygen atoms in total. The summed E-state index contributed by atoms with van der Waals surface area (Å²) in [6.45, 7) is 0. The third-order valence-electron chi connectivity index (χ3n) is 2.29. The van der Waals surface area contributed by atoms with Gasteiger partial charge < -0.3 is 4.18 Å². The molecule has 0 amide bonds. The normalized spacial score (nSPS) is 11.3. The highest BCUT2D eigenvalue weighted by molar-refractivity contribution is 7.86. The molecule has 0 aliphatic heterocycles. The minimum absolute atomic E-state index is 0.265. The maximum Gasteiger partial charge on any atom is 0.313 e. The number of halogens is 2. The maximum absolute atomic E-state index is 11.9. The number of hydrogen-bond donors (Lipinski definition) is 0. The molecule has 19 heavy (non-hydrogen) atoms. The fraction of sp³-hybridized carbons (Fsp3) is 0.0769. The zero-order chi connectivity index (χ0) is 13.9. The van der Waals surface area contributed by atoms with Gasteiger partial charge in [0.15, 0.2) is 0 Å². The van der Waals surface area contributed by atoms with Gasteiger partial charge in [0, 0.05) is 0 Å². The Labute approximate surface area is 121 Å². The van der Waals surface area contributed by atoms with Gasteiger partial charge >= 0.3 is 10.1 Å². The van der Waals surface area contributed by atoms with Crippen LogP contribution in [0.2, 0.25) is 10.0 Å². The van der Waals surface area contributed by atoms with Gasteiger partial charge in [-0.25, -0.2) is 0 Å². The molecule has 0 bridgehead atoms. The lowest BCUT2D eigenvalue weighted by Crippen LogP contribution is -2.12. The van der Waals surface area contributed by atoms with Gasteiger partial charge in [-0.05, 0) is 29.8 Å². The summed E-state index contributed by atoms with van der Waals surface area (Å²) in [5, 5.41) is 0.695. The van der Waals surface area contributed by atoms with Crippen molar-refractivity contribution in [3.05, 3.63) is 64.1 Å². The number of para-hydroxylation sites is 1. The number of hydrogen-bond acceptors (Lipinski definition) is 3. The van der Waals surface area contributed by atoms with E-state index in [1.165, 1.54) is 6.07 Å². The van der Waals surface area contributed by atoms with Gasteiger partial charge in [-0.1, -0.05) is 47.5 Å². The number of benzene rings is 2. The second kappa shape index (κ2) is 5.82. The molecular formula is C13H10Cl2O3S. The van der Waals surface area contributed by atoms with Crippen molar-refractivity contribution in [2.75, 3.05) is 0 Å². The van der Waals surface area contributed by atoms with E-state index < -0.39 is 10.1 Å². The SMILES string of the molecule is O=S(=O)(Cc1ccc(Cl)c(Cl)c1)Oc1ccccc1. The van der Waals surface area contributed by atoms with Crippen LogP contribution in [0.1, 0.15) is 5.56 Å². The van der Waals surface area contributed by atoms with Crippen molar-refractivity contribution < 1.29 is 12.6 Å². The van der Waals surface area contributed by atoms with E-state index >= 15 is 0 Å². The molecule has 0 saturated carbocycles. The summed E-state index contributed by atoms with van der Waals surface area (Å²) in [6, 6.07) is 13.0. The average Bonchev–Trinajstić information content (AvgIpc) is 2.34. The van der Waals surface area contributed by atoms with Gasteiger partial charge in [-0.3, -0.25) is 0 Å². The summed E-state index contributed by atoms with van der Waals surface area (Å²) in [5.74, 6) is 0.0151. The predicted molar refractivity (Wildman–Crippen MR) is 76.2 cm³/mol. The third-order valence-corrected chi connectivity index (χ3v) is 4.17. The Morgan fingerprint density at radius 3 is 2.26 bits per heavy atom. The Morgan fingerprint density at radius 2 is 1.63 bits per heavy atom. The topological polar surface area (TPSA) is 43.4 Å². The molecule has 6 heteroatoms. The average molecular weight is 317 g/mol. The Balaban J connectivity index is 2.15. The van der Waals surface area contributed by atoms with E-state index in [9.17, 15) is 8.42 Å². The van der Waals surface area contributed by atoms with Crippen molar-refractivity contribution in [2.24, 2.45) is 0 Å². The fourth-order valence-electron chi connectivity index (χ4n) is 1.49. The van der Waals surface area contributed by atoms with Crippen LogP contribution in [0.4, 0.5) is 0 Å². The summed E-state index contributed by atoms with van der Waals surface area (Å²) in [6.07, 6.45) is 0. The van der Waals surface area contributed by atoms with Gasteiger partial charge in [0.1, 0.15) is 11.5 Å². The Hall–Kier alpha value is -1.23. The quantitative estimate of drug-likeness (QED) is 0.803. The first-order valence-corrected chi connectivity index (χ1v) is 7.71. The standard InChI is InChI=1S/C13H10Cl2O3S/c14-12-7-6-10(8-13(12)15)9-19(16,17)18-11-4-2-1-3-5-11/h1-8H,9H2. The lowest BCUT2D eigenvalue weighted by atomic mass is 10.2. The van der Waals surface area contributed by atoms with Crippen LogP contribution in [0.15, 0.2) is 48.5 Å². The highest BCUT2D eigenvalue weighted by Crippen LogP contribution is 2.24. The van der Waals surface area contributed by atoms with Crippen molar-refractivity contribution in [1.82, 2.24) is 0 Å². The Kier molecular flexibility index (Phi) is 4.34. The van der Waals surface area contributed by atoms with E-state index in [0.29, 0.717) is 15.6 Å². The fourth-order valence-corrected chi connectivity index (χ4v) is 2.86. The molecule has 100 valence electrons. The van der Waals surface area contributed by atoms with Crippen LogP contribution in [0, 0.1) is 0 Å². The summed E-state index contributed by atoms with van der Waals surface area (Å²) < 4.78 is 28.7. The number of rotatable bonds is 4. The Bertz CT molecular complexity index is 670. The molecule has 0 radical (unpaired) electrons. The van der Waals surface area contributed by atoms with Crippen molar-refractivity contribution in [3.63, 3.8) is 0 Å². The minimum atomic E-state index is -3.72. The third kappa shape index (κ3) is 4.13. The summed E-state index contributed by atoms with van der Waals surface area (Å²) in [4.78, 5) is 0. The minimum Gasteiger partial charge on any atom is -0.382 e. The second-order valence-electron chi connectivity index (χ2n) is 3.85. The highest BCUT2D eigenvalue weighted by atomic mass is 35.5. The van der Waals surface area contributed by atoms with E-state index in [1.54, 1.807) is 42.5 Å². The van der Waals surface area contributed by atoms with Crippen molar-refractivity contribution in [2.45, 2.75) is 5.75 Å². The Morgan fingerprint density at radius 1 is 0.947 bits per heavy atom. The van der Waals surface area contributed by atoms with E-state index in [-0.39, 0.29) is 11.5 Å². The molecule has 0 saturated heterocycles. The molecule has 0 heterocycles. The first kappa shape index (κ1) is 14.2. The zero-order valence-electron chi connectivity index (χ0n) is 9.71. The van der Waals surface area contributed by atoms with Crippen LogP contribution < -0.4 is 4.18 Å². The first-order valence-electron chi connectivity index (χ1n) is 5.37. The van der Waals surface area contributed by atoms with E-state index in [4.69, 9.17) is 27.4 Å². The molecule has 0 unspecified atom stereocenters. The summed E-state index contributed by atoms with van der Waals surface area (Å²) >= 11 is 11.6. The molecule has 2 aromatic rings. The van der Waals surface area contributed by atoms with Gasteiger partial charge in [0.05, 0.1) is 10.0 Å². The van der Waals surface area contributed by atoms with E-state index in [2.05, 4.69) is 0 Å². The summed E-state index contributed by atoms with van der Waals surface area (Å²) in [5.41, 5.74) is 0.519. The summed E-state index contributed by atoms with van der Waals surface area (Å²) in [7, 11) is -3.72. The maximum atomic E-state index is 11.9. The van der Waals surface area contributed by atoms with E-state index in [1.807, 2.05) is 0 Å². The molecular weight excluding hydrogens is 307 g/mol. The van der Waals surface area contributed by atoms with Gasteiger partial charge in [-0.2, -0.15) is 8.42 Å². The van der Waals surface area contributed by atoms with Crippen LogP contribution in [0.3, 0.4) is 0 Å². The lowest BCUT2D eigenvalue weighted by molar-refractivity contribution is 0.485. The van der Waals surface area contributed by atoms with Gasteiger partial charge in [0.25, 0.3) is 0 Å². The van der Waals surface area contributed by atoms with Crippen LogP contribution in [0.25, 0.3) is 0 Å². The van der Waals surface area contributed by atoms with Crippen molar-refractivity contribution in [3.8, 4) is 5.75 Å². The predicted octanol–water partition coefficient (Wildman–Crippen LogP) is 3.90. The second-order valence-corrected chi connectivity index (χ2v) is 6.23. The van der Waals surface area contributed by atoms with E-state index in [0.717, 1.165) is 0 Å². The first-order chi connectivity index (χ1) is 8.96. The molecule has 0 spiro atoms. The molecule has 0 N–H and O–H groups in total. The molecule has 0 aromatic heterocycles. The molecule has 2 aromatic carbocycles. The largest absolute Gasteiger partial charge is 0.382 e. The smallest absolute Gasteiger partial charge is 0.313 e. The van der Waals surface area contributed by atoms with Gasteiger partial charge in [0.2, 0.25) is 0 Å². The zero-order valence-corrected chi connectivity index (χ0v) is 12.0. The molecule has 0 atom stereocenters. The van der Waals surface area contributed by atoms with Crippen molar-refractivity contribution >= 4 is 33.3 Å². The molecule has 0 fully saturated rings. The molecule has 2 rings (SSSR count).